The summed E-state index contributed by atoms with van der Waals surface area (Å²) in [4.78, 5) is 13.4. The van der Waals surface area contributed by atoms with E-state index < -0.39 is 0 Å². The van der Waals surface area contributed by atoms with Gasteiger partial charge < -0.3 is 0 Å². The second-order valence-electron chi connectivity index (χ2n) is 5.49. The molecule has 6 heteroatoms. The monoisotopic (exact) mass is 327 g/mol. The number of aryl methyl sites for hydroxylation is 2. The van der Waals surface area contributed by atoms with Crippen molar-refractivity contribution in [2.45, 2.75) is 50.4 Å². The Bertz CT molecular complexity index is 769. The van der Waals surface area contributed by atoms with Crippen molar-refractivity contribution in [2.75, 3.05) is 0 Å². The van der Waals surface area contributed by atoms with Gasteiger partial charge in [0.25, 0.3) is 5.78 Å². The average molecular weight is 327 g/mol. The molecule has 0 bridgehead atoms. The molecular formula is C17H21N5S. The van der Waals surface area contributed by atoms with Crippen LogP contribution in [0.5, 0.6) is 0 Å². The molecule has 0 radical (unpaired) electrons. The molecule has 3 rings (SSSR count). The van der Waals surface area contributed by atoms with E-state index in [1.165, 1.54) is 11.3 Å². The number of rotatable bonds is 7. The smallest absolute Gasteiger partial charge is 0.253 e. The van der Waals surface area contributed by atoms with Gasteiger partial charge in [-0.25, -0.2) is 9.50 Å². The van der Waals surface area contributed by atoms with E-state index in [9.17, 15) is 0 Å². The summed E-state index contributed by atoms with van der Waals surface area (Å²) in [7, 11) is 0. The van der Waals surface area contributed by atoms with Crippen molar-refractivity contribution < 1.29 is 0 Å². The van der Waals surface area contributed by atoms with Gasteiger partial charge in [0.1, 0.15) is 0 Å². The summed E-state index contributed by atoms with van der Waals surface area (Å²) in [6.45, 7) is 4.35. The first-order chi connectivity index (χ1) is 11.3. The molecule has 0 unspecified atom stereocenters. The Hall–Kier alpha value is -1.95. The van der Waals surface area contributed by atoms with Gasteiger partial charge in [-0.2, -0.15) is 4.98 Å². The first kappa shape index (κ1) is 15.9. The Morgan fingerprint density at radius 3 is 2.74 bits per heavy atom. The lowest BCUT2D eigenvalue weighted by Gasteiger charge is -2.05. The van der Waals surface area contributed by atoms with Crippen molar-refractivity contribution in [3.63, 3.8) is 0 Å². The van der Waals surface area contributed by atoms with Crippen LogP contribution in [0.4, 0.5) is 0 Å². The van der Waals surface area contributed by atoms with Gasteiger partial charge in [-0.1, -0.05) is 44.5 Å². The van der Waals surface area contributed by atoms with Crippen LogP contribution in [-0.2, 0) is 18.6 Å². The molecule has 0 spiro atoms. The van der Waals surface area contributed by atoms with Gasteiger partial charge in [0, 0.05) is 29.5 Å². The van der Waals surface area contributed by atoms with Crippen molar-refractivity contribution in [1.82, 2.24) is 24.6 Å². The molecule has 0 aliphatic rings. The van der Waals surface area contributed by atoms with Crippen LogP contribution in [0.15, 0.2) is 35.7 Å². The van der Waals surface area contributed by atoms with Crippen LogP contribution >= 0.6 is 11.8 Å². The van der Waals surface area contributed by atoms with E-state index in [1.807, 2.05) is 16.8 Å². The maximum Gasteiger partial charge on any atom is 0.253 e. The standard InChI is InChI=1S/C17H21N5S/c1-3-6-14-10-15(7-4-2)22-16(19-14)20-17(21-22)23-12-13-8-5-9-18-11-13/h5,8-11H,3-4,6-7,12H2,1-2H3. The molecule has 0 aliphatic carbocycles. The Balaban J connectivity index is 1.86. The summed E-state index contributed by atoms with van der Waals surface area (Å²) in [5.41, 5.74) is 3.48. The quantitative estimate of drug-likeness (QED) is 0.619. The maximum absolute atomic E-state index is 4.65. The van der Waals surface area contributed by atoms with Crippen LogP contribution in [0.2, 0.25) is 0 Å². The zero-order chi connectivity index (χ0) is 16.1. The summed E-state index contributed by atoms with van der Waals surface area (Å²) in [5, 5.41) is 5.40. The molecule has 0 fully saturated rings. The molecule has 0 aromatic carbocycles. The average Bonchev–Trinajstić information content (AvgIpc) is 2.98. The van der Waals surface area contributed by atoms with E-state index >= 15 is 0 Å². The highest BCUT2D eigenvalue weighted by Gasteiger charge is 2.11. The Morgan fingerprint density at radius 2 is 2.00 bits per heavy atom. The zero-order valence-electron chi connectivity index (χ0n) is 13.6. The summed E-state index contributed by atoms with van der Waals surface area (Å²) < 4.78 is 1.90. The second-order valence-corrected chi connectivity index (χ2v) is 6.44. The highest BCUT2D eigenvalue weighted by Crippen LogP contribution is 2.20. The van der Waals surface area contributed by atoms with E-state index in [0.717, 1.165) is 42.3 Å². The second kappa shape index (κ2) is 7.55. The SMILES string of the molecule is CCCc1cc(CCC)n2nc(SCc3cccnc3)nc2n1. The van der Waals surface area contributed by atoms with E-state index in [-0.39, 0.29) is 0 Å². The number of pyridine rings is 1. The molecule has 0 aliphatic heterocycles. The molecule has 0 N–H and O–H groups in total. The Labute approximate surface area is 140 Å². The fourth-order valence-corrected chi connectivity index (χ4v) is 3.23. The number of fused-ring (bicyclic) bond motifs is 1. The Kier molecular flexibility index (Phi) is 5.23. The molecule has 3 heterocycles. The number of nitrogens with zero attached hydrogens (tertiary/aromatic N) is 5. The summed E-state index contributed by atoms with van der Waals surface area (Å²) in [5.74, 6) is 1.53. The van der Waals surface area contributed by atoms with Gasteiger partial charge in [0.2, 0.25) is 5.16 Å². The third-order valence-corrected chi connectivity index (χ3v) is 4.43. The zero-order valence-corrected chi connectivity index (χ0v) is 14.4. The van der Waals surface area contributed by atoms with Gasteiger partial charge in [0.05, 0.1) is 0 Å². The van der Waals surface area contributed by atoms with Gasteiger partial charge >= 0.3 is 0 Å². The lowest BCUT2D eigenvalue weighted by atomic mass is 10.2. The minimum atomic E-state index is 0.716. The molecule has 0 atom stereocenters. The van der Waals surface area contributed by atoms with Gasteiger partial charge in [-0.15, -0.1) is 5.10 Å². The Morgan fingerprint density at radius 1 is 1.13 bits per heavy atom. The van der Waals surface area contributed by atoms with Gasteiger partial charge in [-0.3, -0.25) is 4.98 Å². The lowest BCUT2D eigenvalue weighted by Crippen LogP contribution is -2.03. The first-order valence-electron chi connectivity index (χ1n) is 8.07. The van der Waals surface area contributed by atoms with Crippen LogP contribution in [0.25, 0.3) is 5.78 Å². The number of hydrogen-bond donors (Lipinski definition) is 0. The van der Waals surface area contributed by atoms with Crippen molar-refractivity contribution in [1.29, 1.82) is 0 Å². The van der Waals surface area contributed by atoms with Crippen LogP contribution < -0.4 is 0 Å². The van der Waals surface area contributed by atoms with Crippen LogP contribution in [0, 0.1) is 0 Å². The molecule has 0 saturated heterocycles. The minimum absolute atomic E-state index is 0.716. The summed E-state index contributed by atoms with van der Waals surface area (Å²) >= 11 is 1.62. The topological polar surface area (TPSA) is 56.0 Å². The number of aromatic nitrogens is 5. The van der Waals surface area contributed by atoms with Crippen molar-refractivity contribution in [2.24, 2.45) is 0 Å². The van der Waals surface area contributed by atoms with E-state index in [4.69, 9.17) is 0 Å². The van der Waals surface area contributed by atoms with E-state index in [0.29, 0.717) is 5.78 Å². The van der Waals surface area contributed by atoms with Crippen LogP contribution in [0.1, 0.15) is 43.6 Å². The summed E-state index contributed by atoms with van der Waals surface area (Å²) in [6, 6.07) is 6.19. The van der Waals surface area contributed by atoms with Crippen molar-refractivity contribution in [3.8, 4) is 0 Å². The third kappa shape index (κ3) is 3.88. The number of hydrogen-bond acceptors (Lipinski definition) is 5. The van der Waals surface area contributed by atoms with Crippen LogP contribution in [-0.4, -0.2) is 24.6 Å². The van der Waals surface area contributed by atoms with Gasteiger partial charge in [-0.05, 0) is 30.5 Å². The molecule has 23 heavy (non-hydrogen) atoms. The van der Waals surface area contributed by atoms with E-state index in [1.54, 1.807) is 18.0 Å². The molecular weight excluding hydrogens is 306 g/mol. The molecule has 3 aromatic rings. The highest BCUT2D eigenvalue weighted by atomic mass is 32.2. The lowest BCUT2D eigenvalue weighted by molar-refractivity contribution is 0.762. The van der Waals surface area contributed by atoms with E-state index in [2.05, 4.69) is 46.0 Å². The maximum atomic E-state index is 4.65. The molecule has 5 nitrogen and oxygen atoms in total. The fraction of sp³-hybridized carbons (Fsp3) is 0.412. The van der Waals surface area contributed by atoms with Crippen molar-refractivity contribution >= 4 is 17.5 Å². The summed E-state index contributed by atoms with van der Waals surface area (Å²) in [6.07, 6.45) is 7.81. The normalized spacial score (nSPS) is 11.2. The highest BCUT2D eigenvalue weighted by molar-refractivity contribution is 7.98. The third-order valence-electron chi connectivity index (χ3n) is 3.52. The molecule has 0 amide bonds. The van der Waals surface area contributed by atoms with Gasteiger partial charge in [0.15, 0.2) is 0 Å². The predicted molar refractivity (Wildman–Crippen MR) is 92.6 cm³/mol. The first-order valence-corrected chi connectivity index (χ1v) is 9.06. The fourth-order valence-electron chi connectivity index (χ4n) is 2.48. The minimum Gasteiger partial charge on any atom is -0.264 e. The predicted octanol–water partition coefficient (Wildman–Crippen LogP) is 3.72. The van der Waals surface area contributed by atoms with Crippen molar-refractivity contribution in [3.05, 3.63) is 47.5 Å². The molecule has 0 saturated carbocycles. The number of thioether (sulfide) groups is 1. The largest absolute Gasteiger partial charge is 0.264 e. The molecule has 120 valence electrons. The molecule has 3 aromatic heterocycles. The van der Waals surface area contributed by atoms with Crippen LogP contribution in [0.3, 0.4) is 0 Å².